The average Bonchev–Trinajstić information content (AvgIpc) is 3.02. The van der Waals surface area contributed by atoms with Crippen LogP contribution in [-0.4, -0.2) is 26.1 Å². The van der Waals surface area contributed by atoms with Crippen LogP contribution in [0.25, 0.3) is 11.0 Å². The molecule has 0 atom stereocenters. The first kappa shape index (κ1) is 19.7. The zero-order valence-electron chi connectivity index (χ0n) is 15.8. The van der Waals surface area contributed by atoms with Crippen molar-refractivity contribution in [1.82, 2.24) is 4.57 Å². The van der Waals surface area contributed by atoms with Gasteiger partial charge in [0.15, 0.2) is 0 Å². The highest BCUT2D eigenvalue weighted by Crippen LogP contribution is 2.28. The van der Waals surface area contributed by atoms with Crippen molar-refractivity contribution in [2.24, 2.45) is 7.05 Å². The Kier molecular flexibility index (Phi) is 5.03. The molecule has 0 aliphatic carbocycles. The quantitative estimate of drug-likeness (QED) is 0.365. The van der Waals surface area contributed by atoms with Gasteiger partial charge in [-0.15, -0.1) is 0 Å². The van der Waals surface area contributed by atoms with E-state index in [4.69, 9.17) is 8.60 Å². The van der Waals surface area contributed by atoms with Gasteiger partial charge in [-0.05, 0) is 29.7 Å². The molecular formula is C19H19NO7S. The number of fused-ring (bicyclic) bond motifs is 1. The van der Waals surface area contributed by atoms with Gasteiger partial charge in [0, 0.05) is 30.8 Å². The fourth-order valence-corrected chi connectivity index (χ4v) is 3.85. The van der Waals surface area contributed by atoms with Gasteiger partial charge in [-0.2, -0.15) is 8.42 Å². The molecule has 0 fully saturated rings. The Morgan fingerprint density at radius 3 is 2.54 bits per heavy atom. The molecule has 0 spiro atoms. The number of aromatic nitrogens is 1. The van der Waals surface area contributed by atoms with E-state index in [9.17, 15) is 18.0 Å². The summed E-state index contributed by atoms with van der Waals surface area (Å²) in [4.78, 5) is 23.3. The molecular weight excluding hydrogens is 386 g/mol. The van der Waals surface area contributed by atoms with Crippen LogP contribution in [0.5, 0.6) is 5.75 Å². The molecule has 28 heavy (non-hydrogen) atoms. The molecule has 0 saturated carbocycles. The van der Waals surface area contributed by atoms with Gasteiger partial charge in [-0.1, -0.05) is 13.8 Å². The molecule has 0 N–H and O–H groups in total. The topological polar surface area (TPSA) is 105 Å². The lowest BCUT2D eigenvalue weighted by Gasteiger charge is -2.10. The average molecular weight is 405 g/mol. The van der Waals surface area contributed by atoms with Crippen molar-refractivity contribution < 1.29 is 26.5 Å². The minimum absolute atomic E-state index is 0.0139. The molecule has 0 bridgehead atoms. The van der Waals surface area contributed by atoms with E-state index in [2.05, 4.69) is 4.74 Å². The van der Waals surface area contributed by atoms with Gasteiger partial charge in [0.1, 0.15) is 21.9 Å². The van der Waals surface area contributed by atoms with E-state index in [1.54, 1.807) is 6.07 Å². The van der Waals surface area contributed by atoms with Crippen LogP contribution in [0, 0.1) is 0 Å². The normalized spacial score (nSPS) is 11.8. The molecule has 3 aromatic rings. The van der Waals surface area contributed by atoms with E-state index in [0.29, 0.717) is 5.39 Å². The predicted octanol–water partition coefficient (Wildman–Crippen LogP) is 2.81. The van der Waals surface area contributed by atoms with E-state index >= 15 is 0 Å². The number of ether oxygens (including phenoxy) is 1. The zero-order chi connectivity index (χ0) is 20.6. The van der Waals surface area contributed by atoms with Crippen molar-refractivity contribution in [3.8, 4) is 5.75 Å². The maximum Gasteiger partial charge on any atom is 0.354 e. The number of aryl methyl sites for hydroxylation is 1. The summed E-state index contributed by atoms with van der Waals surface area (Å²) in [6.45, 7) is 3.88. The maximum atomic E-state index is 12.6. The lowest BCUT2D eigenvalue weighted by Crippen LogP contribution is -2.09. The smallest absolute Gasteiger partial charge is 0.354 e. The van der Waals surface area contributed by atoms with Crippen molar-refractivity contribution in [2.75, 3.05) is 7.11 Å². The SMILES string of the molecule is COC(=O)c1cc(S(=O)(=O)Oc2ccc3c(C(C)C)cc(=O)oc3c2)cn1C. The number of carbonyl (C=O) groups excluding carboxylic acids is 1. The molecule has 0 amide bonds. The van der Waals surface area contributed by atoms with Crippen LogP contribution in [0.4, 0.5) is 0 Å². The number of hydrogen-bond acceptors (Lipinski definition) is 7. The summed E-state index contributed by atoms with van der Waals surface area (Å²) in [5.74, 6) is -0.596. The highest BCUT2D eigenvalue weighted by molar-refractivity contribution is 7.87. The summed E-state index contributed by atoms with van der Waals surface area (Å²) in [6, 6.07) is 7.06. The molecule has 0 saturated heterocycles. The van der Waals surface area contributed by atoms with Crippen LogP contribution in [0.15, 0.2) is 50.6 Å². The Bertz CT molecular complexity index is 1220. The van der Waals surface area contributed by atoms with Gasteiger partial charge in [0.2, 0.25) is 0 Å². The first-order valence-corrected chi connectivity index (χ1v) is 9.80. The lowest BCUT2D eigenvalue weighted by atomic mass is 10.00. The minimum atomic E-state index is -4.21. The van der Waals surface area contributed by atoms with Gasteiger partial charge >= 0.3 is 21.7 Å². The molecule has 0 unspecified atom stereocenters. The summed E-state index contributed by atoms with van der Waals surface area (Å²) >= 11 is 0. The summed E-state index contributed by atoms with van der Waals surface area (Å²) in [5, 5.41) is 0.701. The number of benzene rings is 1. The second kappa shape index (κ2) is 7.16. The van der Waals surface area contributed by atoms with Crippen molar-refractivity contribution in [3.05, 3.63) is 58.2 Å². The second-order valence-corrected chi connectivity index (χ2v) is 8.08. The largest absolute Gasteiger partial charge is 0.464 e. The third kappa shape index (κ3) is 3.65. The van der Waals surface area contributed by atoms with E-state index in [-0.39, 0.29) is 27.8 Å². The molecule has 8 nitrogen and oxygen atoms in total. The van der Waals surface area contributed by atoms with Crippen molar-refractivity contribution in [3.63, 3.8) is 0 Å². The Balaban J connectivity index is 2.00. The standard InChI is InChI=1S/C19H19NO7S/c1-11(2)15-9-18(21)26-17-7-12(5-6-14(15)17)27-28(23,24)13-8-16(19(22)25-4)20(3)10-13/h5-11H,1-4H3. The first-order valence-electron chi connectivity index (χ1n) is 8.39. The lowest BCUT2D eigenvalue weighted by molar-refractivity contribution is 0.0590. The van der Waals surface area contributed by atoms with Gasteiger partial charge in [-0.3, -0.25) is 0 Å². The monoisotopic (exact) mass is 405 g/mol. The fraction of sp³-hybridized carbons (Fsp3) is 0.263. The third-order valence-electron chi connectivity index (χ3n) is 4.24. The Morgan fingerprint density at radius 1 is 1.18 bits per heavy atom. The fourth-order valence-electron chi connectivity index (χ4n) is 2.85. The summed E-state index contributed by atoms with van der Waals surface area (Å²) in [6.07, 6.45) is 1.25. The van der Waals surface area contributed by atoms with E-state index < -0.39 is 21.7 Å². The summed E-state index contributed by atoms with van der Waals surface area (Å²) < 4.78 is 41.4. The van der Waals surface area contributed by atoms with Gasteiger partial charge in [-0.25, -0.2) is 9.59 Å². The molecule has 1 aromatic carbocycles. The number of esters is 1. The van der Waals surface area contributed by atoms with Gasteiger partial charge < -0.3 is 17.9 Å². The Hall–Kier alpha value is -3.07. The van der Waals surface area contributed by atoms with Crippen molar-refractivity contribution in [1.29, 1.82) is 0 Å². The first-order chi connectivity index (χ1) is 13.1. The number of methoxy groups -OCH3 is 1. The molecule has 0 radical (unpaired) electrons. The summed E-state index contributed by atoms with van der Waals surface area (Å²) in [7, 11) is -1.49. The van der Waals surface area contributed by atoms with E-state index in [1.807, 2.05) is 13.8 Å². The van der Waals surface area contributed by atoms with Crippen LogP contribution >= 0.6 is 0 Å². The number of hydrogen-bond donors (Lipinski definition) is 0. The van der Waals surface area contributed by atoms with Gasteiger partial charge in [0.05, 0.1) is 7.11 Å². The minimum Gasteiger partial charge on any atom is -0.464 e. The van der Waals surface area contributed by atoms with Crippen LogP contribution in [0.1, 0.15) is 35.8 Å². The third-order valence-corrected chi connectivity index (χ3v) is 5.45. The maximum absolute atomic E-state index is 12.6. The van der Waals surface area contributed by atoms with Gasteiger partial charge in [0.25, 0.3) is 0 Å². The molecule has 3 rings (SSSR count). The van der Waals surface area contributed by atoms with Crippen LogP contribution < -0.4 is 9.81 Å². The Morgan fingerprint density at radius 2 is 1.89 bits per heavy atom. The highest BCUT2D eigenvalue weighted by Gasteiger charge is 2.23. The highest BCUT2D eigenvalue weighted by atomic mass is 32.2. The molecule has 9 heteroatoms. The van der Waals surface area contributed by atoms with Crippen molar-refractivity contribution >= 4 is 27.1 Å². The van der Waals surface area contributed by atoms with Crippen LogP contribution in [-0.2, 0) is 21.9 Å². The number of rotatable bonds is 5. The summed E-state index contributed by atoms with van der Waals surface area (Å²) in [5.41, 5.74) is 0.566. The van der Waals surface area contributed by atoms with Crippen molar-refractivity contribution in [2.45, 2.75) is 24.7 Å². The zero-order valence-corrected chi connectivity index (χ0v) is 16.6. The molecule has 0 aliphatic heterocycles. The molecule has 148 valence electrons. The molecule has 2 heterocycles. The van der Waals surface area contributed by atoms with E-state index in [1.165, 1.54) is 49.2 Å². The van der Waals surface area contributed by atoms with Crippen LogP contribution in [0.3, 0.4) is 0 Å². The second-order valence-electron chi connectivity index (χ2n) is 6.53. The van der Waals surface area contributed by atoms with Crippen LogP contribution in [0.2, 0.25) is 0 Å². The van der Waals surface area contributed by atoms with E-state index in [0.717, 1.165) is 5.56 Å². The Labute approximate surface area is 161 Å². The number of carbonyl (C=O) groups is 1. The molecule has 0 aliphatic rings. The predicted molar refractivity (Wildman–Crippen MR) is 101 cm³/mol. The number of nitrogens with zero attached hydrogens (tertiary/aromatic N) is 1. The molecule has 2 aromatic heterocycles.